The van der Waals surface area contributed by atoms with Gasteiger partial charge in [-0.25, -0.2) is 4.39 Å². The average Bonchev–Trinajstić information content (AvgIpc) is 2.79. The van der Waals surface area contributed by atoms with Gasteiger partial charge in [0.2, 0.25) is 0 Å². The molecular formula is C22H18F4N4O. The predicted molar refractivity (Wildman–Crippen MR) is 107 cm³/mol. The van der Waals surface area contributed by atoms with Crippen LogP contribution in [0.15, 0.2) is 60.7 Å². The lowest BCUT2D eigenvalue weighted by Crippen LogP contribution is -2.49. The number of benzene rings is 2. The predicted octanol–water partition coefficient (Wildman–Crippen LogP) is 4.26. The summed E-state index contributed by atoms with van der Waals surface area (Å²) in [4.78, 5) is 16.0. The molecule has 1 aromatic heterocycles. The lowest BCUT2D eigenvalue weighted by atomic mass is 10.1. The molecule has 9 heteroatoms. The first kappa shape index (κ1) is 20.8. The van der Waals surface area contributed by atoms with E-state index in [1.807, 2.05) is 4.90 Å². The van der Waals surface area contributed by atoms with Crippen molar-refractivity contribution in [2.24, 2.45) is 0 Å². The van der Waals surface area contributed by atoms with Crippen LogP contribution >= 0.6 is 0 Å². The summed E-state index contributed by atoms with van der Waals surface area (Å²) in [6, 6.07) is 14.3. The van der Waals surface area contributed by atoms with Crippen molar-refractivity contribution in [2.45, 2.75) is 6.18 Å². The van der Waals surface area contributed by atoms with Gasteiger partial charge < -0.3 is 9.80 Å². The summed E-state index contributed by atoms with van der Waals surface area (Å²) in [6.45, 7) is 1.38. The molecule has 1 amide bonds. The maximum Gasteiger partial charge on any atom is 0.417 e. The molecule has 0 saturated carbocycles. The molecule has 1 aliphatic heterocycles. The van der Waals surface area contributed by atoms with Crippen LogP contribution in [0.3, 0.4) is 0 Å². The molecule has 1 saturated heterocycles. The Balaban J connectivity index is 1.42. The van der Waals surface area contributed by atoms with Gasteiger partial charge in [0.05, 0.1) is 16.8 Å². The Bertz CT molecular complexity index is 1060. The first-order valence-electron chi connectivity index (χ1n) is 9.63. The Labute approximate surface area is 175 Å². The third-order valence-electron chi connectivity index (χ3n) is 5.14. The topological polar surface area (TPSA) is 49.3 Å². The summed E-state index contributed by atoms with van der Waals surface area (Å²) < 4.78 is 52.7. The molecule has 0 unspecified atom stereocenters. The molecule has 0 atom stereocenters. The minimum absolute atomic E-state index is 0.270. The fraction of sp³-hybridized carbons (Fsp3) is 0.227. The van der Waals surface area contributed by atoms with Crippen molar-refractivity contribution < 1.29 is 22.4 Å². The molecular weight excluding hydrogens is 412 g/mol. The first-order chi connectivity index (χ1) is 14.8. The monoisotopic (exact) mass is 430 g/mol. The molecule has 31 heavy (non-hydrogen) atoms. The second-order valence-electron chi connectivity index (χ2n) is 7.11. The number of aromatic nitrogens is 2. The Morgan fingerprint density at radius 2 is 1.52 bits per heavy atom. The van der Waals surface area contributed by atoms with Gasteiger partial charge in [-0.1, -0.05) is 12.1 Å². The molecule has 2 aromatic carbocycles. The summed E-state index contributed by atoms with van der Waals surface area (Å²) in [7, 11) is 0. The van der Waals surface area contributed by atoms with E-state index in [2.05, 4.69) is 10.2 Å². The van der Waals surface area contributed by atoms with Gasteiger partial charge >= 0.3 is 6.18 Å². The maximum atomic E-state index is 13.2. The van der Waals surface area contributed by atoms with Gasteiger partial charge in [-0.05, 0) is 48.5 Å². The van der Waals surface area contributed by atoms with Gasteiger partial charge in [0, 0.05) is 31.7 Å². The van der Waals surface area contributed by atoms with Gasteiger partial charge in [0.1, 0.15) is 5.82 Å². The lowest BCUT2D eigenvalue weighted by Gasteiger charge is -2.35. The fourth-order valence-corrected chi connectivity index (χ4v) is 3.49. The summed E-state index contributed by atoms with van der Waals surface area (Å²) in [5.74, 6) is -0.363. The second kappa shape index (κ2) is 8.33. The highest BCUT2D eigenvalue weighted by molar-refractivity contribution is 5.96. The highest BCUT2D eigenvalue weighted by Gasteiger charge is 2.36. The summed E-state index contributed by atoms with van der Waals surface area (Å²) >= 11 is 0. The molecule has 0 N–H and O–H groups in total. The highest BCUT2D eigenvalue weighted by atomic mass is 19.4. The quantitative estimate of drug-likeness (QED) is 0.583. The number of anilines is 1. The number of rotatable bonds is 3. The van der Waals surface area contributed by atoms with Crippen molar-refractivity contribution in [1.82, 2.24) is 15.1 Å². The fourth-order valence-electron chi connectivity index (χ4n) is 3.49. The van der Waals surface area contributed by atoms with E-state index in [1.165, 1.54) is 35.2 Å². The molecule has 4 rings (SSSR count). The van der Waals surface area contributed by atoms with E-state index < -0.39 is 17.6 Å². The van der Waals surface area contributed by atoms with Crippen molar-refractivity contribution >= 4 is 11.7 Å². The highest BCUT2D eigenvalue weighted by Crippen LogP contribution is 2.32. The lowest BCUT2D eigenvalue weighted by molar-refractivity contribution is -0.138. The molecule has 0 bridgehead atoms. The van der Waals surface area contributed by atoms with Crippen molar-refractivity contribution in [3.63, 3.8) is 0 Å². The van der Waals surface area contributed by atoms with Crippen LogP contribution in [0, 0.1) is 5.82 Å². The third-order valence-corrected chi connectivity index (χ3v) is 5.14. The van der Waals surface area contributed by atoms with Crippen molar-refractivity contribution in [3.05, 3.63) is 77.6 Å². The number of carbonyl (C=O) groups excluding carboxylic acids is 1. The SMILES string of the molecule is O=C(c1ccccc1C(F)(F)F)N1CCN(c2ccc(-c3ccc(F)cc3)nn2)CC1. The smallest absolute Gasteiger partial charge is 0.352 e. The van der Waals surface area contributed by atoms with Crippen molar-refractivity contribution in [1.29, 1.82) is 0 Å². The van der Waals surface area contributed by atoms with Gasteiger partial charge in [-0.15, -0.1) is 10.2 Å². The van der Waals surface area contributed by atoms with Crippen molar-refractivity contribution in [2.75, 3.05) is 31.1 Å². The number of hydrogen-bond acceptors (Lipinski definition) is 4. The van der Waals surface area contributed by atoms with Crippen molar-refractivity contribution in [3.8, 4) is 11.3 Å². The molecule has 3 aromatic rings. The molecule has 5 nitrogen and oxygen atoms in total. The first-order valence-corrected chi connectivity index (χ1v) is 9.63. The van der Waals surface area contributed by atoms with Crippen LogP contribution in [0.4, 0.5) is 23.4 Å². The second-order valence-corrected chi connectivity index (χ2v) is 7.11. The molecule has 0 aliphatic carbocycles. The largest absolute Gasteiger partial charge is 0.417 e. The van der Waals surface area contributed by atoms with Crippen LogP contribution in [0.25, 0.3) is 11.3 Å². The van der Waals surface area contributed by atoms with E-state index >= 15 is 0 Å². The standard InChI is InChI=1S/C22H18F4N4O/c23-16-7-5-15(6-8-16)19-9-10-20(28-27-19)29-11-13-30(14-12-29)21(31)17-3-1-2-4-18(17)22(24,25)26/h1-10H,11-14H2. The average molecular weight is 430 g/mol. The zero-order valence-corrected chi connectivity index (χ0v) is 16.3. The minimum Gasteiger partial charge on any atom is -0.352 e. The molecule has 1 aliphatic rings. The number of carbonyl (C=O) groups is 1. The number of hydrogen-bond donors (Lipinski definition) is 0. The van der Waals surface area contributed by atoms with Crippen LogP contribution < -0.4 is 4.90 Å². The van der Waals surface area contributed by atoms with Crippen LogP contribution in [0.5, 0.6) is 0 Å². The number of nitrogens with zero attached hydrogens (tertiary/aromatic N) is 4. The number of halogens is 4. The number of alkyl halides is 3. The molecule has 2 heterocycles. The van der Waals surface area contributed by atoms with Crippen LogP contribution in [0.1, 0.15) is 15.9 Å². The Morgan fingerprint density at radius 3 is 2.13 bits per heavy atom. The molecule has 160 valence electrons. The van der Waals surface area contributed by atoms with Crippen LogP contribution in [-0.2, 0) is 6.18 Å². The van der Waals surface area contributed by atoms with E-state index in [0.29, 0.717) is 24.6 Å². The van der Waals surface area contributed by atoms with Gasteiger partial charge in [-0.2, -0.15) is 13.2 Å². The Hall–Kier alpha value is -3.49. The summed E-state index contributed by atoms with van der Waals surface area (Å²) in [5.41, 5.74) is 0.0667. The normalized spacial score (nSPS) is 14.6. The van der Waals surface area contributed by atoms with Gasteiger partial charge in [0.15, 0.2) is 5.82 Å². The Morgan fingerprint density at radius 1 is 0.839 bits per heavy atom. The molecule has 1 fully saturated rings. The summed E-state index contributed by atoms with van der Waals surface area (Å²) in [5, 5.41) is 8.38. The molecule has 0 spiro atoms. The third kappa shape index (κ3) is 4.50. The maximum absolute atomic E-state index is 13.2. The van der Waals surface area contributed by atoms with Crippen LogP contribution in [0.2, 0.25) is 0 Å². The summed E-state index contributed by atoms with van der Waals surface area (Å²) in [6.07, 6.45) is -4.59. The van der Waals surface area contributed by atoms with E-state index in [-0.39, 0.29) is 24.5 Å². The van der Waals surface area contributed by atoms with E-state index in [1.54, 1.807) is 24.3 Å². The van der Waals surface area contributed by atoms with Gasteiger partial charge in [-0.3, -0.25) is 4.79 Å². The van der Waals surface area contributed by atoms with E-state index in [4.69, 9.17) is 0 Å². The van der Waals surface area contributed by atoms with Crippen LogP contribution in [-0.4, -0.2) is 47.2 Å². The van der Waals surface area contributed by atoms with Gasteiger partial charge in [0.25, 0.3) is 5.91 Å². The number of piperazine rings is 1. The van der Waals surface area contributed by atoms with E-state index in [9.17, 15) is 22.4 Å². The minimum atomic E-state index is -4.59. The molecule has 0 radical (unpaired) electrons. The van der Waals surface area contributed by atoms with E-state index in [0.717, 1.165) is 11.6 Å². The Kier molecular flexibility index (Phi) is 5.58. The number of amides is 1. The zero-order valence-electron chi connectivity index (χ0n) is 16.3. The zero-order chi connectivity index (χ0) is 22.0.